The summed E-state index contributed by atoms with van der Waals surface area (Å²) in [5.74, 6) is 0.836. The van der Waals surface area contributed by atoms with Crippen LogP contribution >= 0.6 is 11.6 Å². The number of aliphatic hydroxyl groups excluding tert-OH is 1. The molecule has 0 bridgehead atoms. The van der Waals surface area contributed by atoms with E-state index in [1.807, 2.05) is 0 Å². The van der Waals surface area contributed by atoms with Crippen molar-refractivity contribution < 1.29 is 5.11 Å². The molecule has 0 amide bonds. The van der Waals surface area contributed by atoms with E-state index >= 15 is 0 Å². The van der Waals surface area contributed by atoms with Gasteiger partial charge in [-0.3, -0.25) is 0 Å². The molecule has 2 unspecified atom stereocenters. The highest BCUT2D eigenvalue weighted by molar-refractivity contribution is 6.18. The molecular formula is C9H17ClO. The van der Waals surface area contributed by atoms with Crippen LogP contribution in [0.15, 0.2) is 0 Å². The fraction of sp³-hybridized carbons (Fsp3) is 1.00. The van der Waals surface area contributed by atoms with Gasteiger partial charge in [0, 0.05) is 5.88 Å². The lowest BCUT2D eigenvalue weighted by molar-refractivity contribution is 0.125. The zero-order valence-electron chi connectivity index (χ0n) is 7.31. The monoisotopic (exact) mass is 176 g/mol. The Labute approximate surface area is 73.8 Å². The van der Waals surface area contributed by atoms with E-state index < -0.39 is 0 Å². The molecule has 0 saturated heterocycles. The van der Waals surface area contributed by atoms with Crippen molar-refractivity contribution in [3.8, 4) is 0 Å². The molecule has 0 heterocycles. The zero-order valence-corrected chi connectivity index (χ0v) is 8.06. The second-order valence-electron chi connectivity index (χ2n) is 4.39. The van der Waals surface area contributed by atoms with Crippen LogP contribution in [0.25, 0.3) is 0 Å². The minimum Gasteiger partial charge on any atom is -0.392 e. The maximum atomic E-state index is 9.46. The van der Waals surface area contributed by atoms with Gasteiger partial charge in [0.05, 0.1) is 6.10 Å². The number of alkyl halides is 1. The summed E-state index contributed by atoms with van der Waals surface area (Å²) in [5, 5.41) is 9.46. The van der Waals surface area contributed by atoms with Crippen molar-refractivity contribution >= 4 is 11.6 Å². The maximum Gasteiger partial charge on any atom is 0.0703 e. The first kappa shape index (κ1) is 9.34. The highest BCUT2D eigenvalue weighted by Gasteiger charge is 2.34. The molecular weight excluding hydrogens is 160 g/mol. The Hall–Kier alpha value is 0.250. The van der Waals surface area contributed by atoms with Gasteiger partial charge in [-0.2, -0.15) is 0 Å². The molecule has 1 rings (SSSR count). The van der Waals surface area contributed by atoms with Crippen LogP contribution in [0.5, 0.6) is 0 Å². The van der Waals surface area contributed by atoms with E-state index in [-0.39, 0.29) is 6.10 Å². The number of rotatable bonds is 2. The molecule has 1 nitrogen and oxygen atoms in total. The summed E-state index contributed by atoms with van der Waals surface area (Å²) in [6, 6.07) is 0. The molecule has 66 valence electrons. The van der Waals surface area contributed by atoms with Gasteiger partial charge in [0.15, 0.2) is 0 Å². The standard InChI is InChI=1S/C9H17ClO/c1-9(2)4-3-7(5-9)8(11)6-10/h7-8,11H,3-6H2,1-2H3. The van der Waals surface area contributed by atoms with E-state index in [9.17, 15) is 5.11 Å². The van der Waals surface area contributed by atoms with Crippen molar-refractivity contribution in [3.63, 3.8) is 0 Å². The minimum atomic E-state index is -0.279. The summed E-state index contributed by atoms with van der Waals surface area (Å²) in [6.07, 6.45) is 3.21. The van der Waals surface area contributed by atoms with Crippen molar-refractivity contribution in [1.29, 1.82) is 0 Å². The average molecular weight is 177 g/mol. The van der Waals surface area contributed by atoms with Gasteiger partial charge >= 0.3 is 0 Å². The summed E-state index contributed by atoms with van der Waals surface area (Å²) < 4.78 is 0. The lowest BCUT2D eigenvalue weighted by atomic mass is 9.89. The molecule has 1 saturated carbocycles. The molecule has 0 aliphatic heterocycles. The third-order valence-electron chi connectivity index (χ3n) is 2.71. The first-order chi connectivity index (χ1) is 5.05. The van der Waals surface area contributed by atoms with Gasteiger partial charge in [-0.15, -0.1) is 11.6 Å². The molecule has 1 N–H and O–H groups in total. The van der Waals surface area contributed by atoms with Crippen LogP contribution in [0.2, 0.25) is 0 Å². The Morgan fingerprint density at radius 1 is 1.64 bits per heavy atom. The van der Waals surface area contributed by atoms with Gasteiger partial charge < -0.3 is 5.11 Å². The fourth-order valence-corrected chi connectivity index (χ4v) is 2.20. The van der Waals surface area contributed by atoms with Crippen LogP contribution in [0.3, 0.4) is 0 Å². The quantitative estimate of drug-likeness (QED) is 0.641. The molecule has 0 radical (unpaired) electrons. The molecule has 11 heavy (non-hydrogen) atoms. The van der Waals surface area contributed by atoms with Crippen molar-refractivity contribution in [2.24, 2.45) is 11.3 Å². The topological polar surface area (TPSA) is 20.2 Å². The predicted molar refractivity (Wildman–Crippen MR) is 47.8 cm³/mol. The Morgan fingerprint density at radius 2 is 2.27 bits per heavy atom. The van der Waals surface area contributed by atoms with Crippen LogP contribution in [0, 0.1) is 11.3 Å². The lowest BCUT2D eigenvalue weighted by Gasteiger charge is -2.19. The van der Waals surface area contributed by atoms with Gasteiger partial charge in [0.25, 0.3) is 0 Å². The molecule has 1 aliphatic carbocycles. The smallest absolute Gasteiger partial charge is 0.0703 e. The Morgan fingerprint density at radius 3 is 2.64 bits per heavy atom. The molecule has 0 spiro atoms. The predicted octanol–water partition coefficient (Wildman–Crippen LogP) is 2.41. The third-order valence-corrected chi connectivity index (χ3v) is 3.03. The Kier molecular flexibility index (Phi) is 2.82. The maximum absolute atomic E-state index is 9.46. The molecule has 2 heteroatoms. The highest BCUT2D eigenvalue weighted by Crippen LogP contribution is 2.42. The first-order valence-electron chi connectivity index (χ1n) is 4.29. The summed E-state index contributed by atoms with van der Waals surface area (Å²) in [4.78, 5) is 0. The van der Waals surface area contributed by atoms with Gasteiger partial charge in [0.1, 0.15) is 0 Å². The van der Waals surface area contributed by atoms with Crippen molar-refractivity contribution in [1.82, 2.24) is 0 Å². The number of hydrogen-bond acceptors (Lipinski definition) is 1. The Balaban J connectivity index is 2.41. The minimum absolute atomic E-state index is 0.279. The van der Waals surface area contributed by atoms with E-state index in [2.05, 4.69) is 13.8 Å². The fourth-order valence-electron chi connectivity index (χ4n) is 1.94. The van der Waals surface area contributed by atoms with E-state index in [0.717, 1.165) is 12.8 Å². The molecule has 2 atom stereocenters. The second-order valence-corrected chi connectivity index (χ2v) is 4.70. The van der Waals surface area contributed by atoms with Gasteiger partial charge in [-0.1, -0.05) is 13.8 Å². The molecule has 1 aliphatic rings. The van der Waals surface area contributed by atoms with Gasteiger partial charge in [0.2, 0.25) is 0 Å². The summed E-state index contributed by atoms with van der Waals surface area (Å²) >= 11 is 5.58. The number of aliphatic hydroxyl groups is 1. The largest absolute Gasteiger partial charge is 0.392 e. The van der Waals surface area contributed by atoms with E-state index in [4.69, 9.17) is 11.6 Å². The Bertz CT molecular complexity index is 134. The average Bonchev–Trinajstić information content (AvgIpc) is 2.29. The number of hydrogen-bond donors (Lipinski definition) is 1. The van der Waals surface area contributed by atoms with E-state index in [1.165, 1.54) is 6.42 Å². The summed E-state index contributed by atoms with van der Waals surface area (Å²) in [7, 11) is 0. The zero-order chi connectivity index (χ0) is 8.48. The van der Waals surface area contributed by atoms with Gasteiger partial charge in [-0.05, 0) is 30.6 Å². The van der Waals surface area contributed by atoms with E-state index in [0.29, 0.717) is 17.2 Å². The van der Waals surface area contributed by atoms with Crippen molar-refractivity contribution in [2.45, 2.75) is 39.2 Å². The van der Waals surface area contributed by atoms with Crippen LogP contribution < -0.4 is 0 Å². The molecule has 0 aromatic heterocycles. The van der Waals surface area contributed by atoms with Crippen LogP contribution in [-0.2, 0) is 0 Å². The molecule has 0 aromatic rings. The normalized spacial score (nSPS) is 32.2. The van der Waals surface area contributed by atoms with Crippen LogP contribution in [-0.4, -0.2) is 17.1 Å². The third kappa shape index (κ3) is 2.34. The molecule has 1 fully saturated rings. The summed E-state index contributed by atoms with van der Waals surface area (Å²) in [6.45, 7) is 4.52. The van der Waals surface area contributed by atoms with E-state index in [1.54, 1.807) is 0 Å². The van der Waals surface area contributed by atoms with Crippen molar-refractivity contribution in [3.05, 3.63) is 0 Å². The van der Waals surface area contributed by atoms with Crippen molar-refractivity contribution in [2.75, 3.05) is 5.88 Å². The lowest BCUT2D eigenvalue weighted by Crippen LogP contribution is -2.20. The van der Waals surface area contributed by atoms with Crippen LogP contribution in [0.4, 0.5) is 0 Å². The SMILES string of the molecule is CC1(C)CCC(C(O)CCl)C1. The number of halogens is 1. The summed E-state index contributed by atoms with van der Waals surface area (Å²) in [5.41, 5.74) is 0.428. The highest BCUT2D eigenvalue weighted by atomic mass is 35.5. The second kappa shape index (κ2) is 3.32. The first-order valence-corrected chi connectivity index (χ1v) is 4.83. The van der Waals surface area contributed by atoms with Crippen LogP contribution in [0.1, 0.15) is 33.1 Å². The molecule has 0 aromatic carbocycles. The van der Waals surface area contributed by atoms with Gasteiger partial charge in [-0.25, -0.2) is 0 Å².